The molecule has 0 aliphatic carbocycles. The molecule has 0 aliphatic rings. The zero-order valence-electron chi connectivity index (χ0n) is 9.81. The highest BCUT2D eigenvalue weighted by atomic mass is 79.9. The molecule has 2 aromatic rings. The number of alkyl halides is 1. The number of carbonyl (C=O) groups is 1. The first-order valence-corrected chi connectivity index (χ1v) is 7.39. The number of carbonyl (C=O) groups excluding carboxylic acids is 1. The molecule has 17 heavy (non-hydrogen) atoms. The molecule has 1 heterocycles. The Labute approximate surface area is 113 Å². The van der Waals surface area contributed by atoms with Crippen molar-refractivity contribution < 1.29 is 4.79 Å². The van der Waals surface area contributed by atoms with Gasteiger partial charge in [-0.1, -0.05) is 34.1 Å². The fraction of sp³-hybridized carbons (Fsp3) is 0.308. The first-order chi connectivity index (χ1) is 8.13. The number of nitrogens with zero attached hydrogens (tertiary/aromatic N) is 1. The monoisotopic (exact) mass is 311 g/mol. The molecule has 0 saturated carbocycles. The van der Waals surface area contributed by atoms with Crippen molar-refractivity contribution in [2.24, 2.45) is 0 Å². The topological polar surface area (TPSA) is 20.3 Å². The molecule has 1 aromatic carbocycles. The summed E-state index contributed by atoms with van der Waals surface area (Å²) in [4.78, 5) is 14.8. The fourth-order valence-electron chi connectivity index (χ4n) is 1.56. The lowest BCUT2D eigenvalue weighted by Gasteiger charge is -2.22. The number of fused-ring (bicyclic) bond motifs is 1. The van der Waals surface area contributed by atoms with Gasteiger partial charge in [-0.2, -0.15) is 0 Å². The Bertz CT molecular complexity index is 504. The van der Waals surface area contributed by atoms with Gasteiger partial charge in [0.05, 0.1) is 4.88 Å². The van der Waals surface area contributed by atoms with Gasteiger partial charge in [-0.05, 0) is 24.4 Å². The molecule has 1 amide bonds. The van der Waals surface area contributed by atoms with Crippen molar-refractivity contribution in [3.63, 3.8) is 0 Å². The van der Waals surface area contributed by atoms with E-state index in [1.54, 1.807) is 16.2 Å². The van der Waals surface area contributed by atoms with E-state index in [0.29, 0.717) is 0 Å². The third-order valence-corrected chi connectivity index (χ3v) is 4.88. The minimum Gasteiger partial charge on any atom is -0.337 e. The minimum absolute atomic E-state index is 0.0955. The van der Waals surface area contributed by atoms with Crippen LogP contribution in [0.3, 0.4) is 0 Å². The van der Waals surface area contributed by atoms with Crippen molar-refractivity contribution in [2.45, 2.75) is 13.0 Å². The fourth-order valence-corrected chi connectivity index (χ4v) is 3.04. The van der Waals surface area contributed by atoms with Crippen molar-refractivity contribution in [2.75, 3.05) is 12.4 Å². The molecular weight excluding hydrogens is 298 g/mol. The Balaban J connectivity index is 2.30. The molecule has 0 fully saturated rings. The van der Waals surface area contributed by atoms with Crippen LogP contribution in [-0.2, 0) is 0 Å². The Morgan fingerprint density at radius 2 is 2.18 bits per heavy atom. The summed E-state index contributed by atoms with van der Waals surface area (Å²) in [6.45, 7) is 2.03. The minimum atomic E-state index is 0.0955. The van der Waals surface area contributed by atoms with E-state index in [0.717, 1.165) is 20.3 Å². The molecular formula is C13H14BrNOS. The molecule has 1 aromatic heterocycles. The van der Waals surface area contributed by atoms with Crippen LogP contribution in [0, 0.1) is 0 Å². The Morgan fingerprint density at radius 1 is 1.47 bits per heavy atom. The number of amides is 1. The van der Waals surface area contributed by atoms with Gasteiger partial charge in [-0.15, -0.1) is 11.3 Å². The van der Waals surface area contributed by atoms with Crippen LogP contribution in [0.1, 0.15) is 16.6 Å². The summed E-state index contributed by atoms with van der Waals surface area (Å²) < 4.78 is 1.16. The molecule has 2 nitrogen and oxygen atoms in total. The Hall–Kier alpha value is -0.870. The van der Waals surface area contributed by atoms with Crippen LogP contribution in [0.25, 0.3) is 10.1 Å². The van der Waals surface area contributed by atoms with E-state index in [9.17, 15) is 4.79 Å². The van der Waals surface area contributed by atoms with Crippen molar-refractivity contribution in [1.82, 2.24) is 4.90 Å². The van der Waals surface area contributed by atoms with Crippen LogP contribution in [0.2, 0.25) is 0 Å². The number of benzene rings is 1. The molecule has 90 valence electrons. The van der Waals surface area contributed by atoms with Gasteiger partial charge in [0.1, 0.15) is 0 Å². The maximum Gasteiger partial charge on any atom is 0.263 e. The maximum absolute atomic E-state index is 12.2. The van der Waals surface area contributed by atoms with Crippen LogP contribution in [-0.4, -0.2) is 29.2 Å². The van der Waals surface area contributed by atoms with E-state index in [4.69, 9.17) is 0 Å². The van der Waals surface area contributed by atoms with Crippen LogP contribution in [0.15, 0.2) is 30.3 Å². The Morgan fingerprint density at radius 3 is 2.82 bits per heavy atom. The lowest BCUT2D eigenvalue weighted by Crippen LogP contribution is -2.35. The summed E-state index contributed by atoms with van der Waals surface area (Å²) >= 11 is 4.96. The molecule has 1 atom stereocenters. The van der Waals surface area contributed by atoms with Crippen LogP contribution < -0.4 is 0 Å². The number of thiophene rings is 1. The van der Waals surface area contributed by atoms with Gasteiger partial charge in [0.15, 0.2) is 0 Å². The van der Waals surface area contributed by atoms with Gasteiger partial charge in [-0.25, -0.2) is 0 Å². The SMILES string of the molecule is CC(CBr)N(C)C(=O)c1cc2ccccc2s1. The van der Waals surface area contributed by atoms with Gasteiger partial charge < -0.3 is 4.90 Å². The summed E-state index contributed by atoms with van der Waals surface area (Å²) in [6.07, 6.45) is 0. The van der Waals surface area contributed by atoms with E-state index in [1.807, 2.05) is 44.3 Å². The normalized spacial score (nSPS) is 12.6. The van der Waals surface area contributed by atoms with Crippen molar-refractivity contribution in [3.8, 4) is 0 Å². The van der Waals surface area contributed by atoms with Gasteiger partial charge in [-0.3, -0.25) is 4.79 Å². The van der Waals surface area contributed by atoms with E-state index in [1.165, 1.54) is 0 Å². The predicted octanol–water partition coefficient (Wildman–Crippen LogP) is 3.76. The third-order valence-electron chi connectivity index (χ3n) is 2.84. The smallest absolute Gasteiger partial charge is 0.263 e. The molecule has 0 radical (unpaired) electrons. The van der Waals surface area contributed by atoms with Gasteiger partial charge >= 0.3 is 0 Å². The highest BCUT2D eigenvalue weighted by Crippen LogP contribution is 2.26. The lowest BCUT2D eigenvalue weighted by molar-refractivity contribution is 0.0763. The molecule has 4 heteroatoms. The second-order valence-electron chi connectivity index (χ2n) is 4.07. The average molecular weight is 312 g/mol. The number of hydrogen-bond donors (Lipinski definition) is 0. The van der Waals surface area contributed by atoms with Crippen molar-refractivity contribution >= 4 is 43.3 Å². The van der Waals surface area contributed by atoms with E-state index < -0.39 is 0 Å². The lowest BCUT2D eigenvalue weighted by atomic mass is 10.2. The molecule has 0 saturated heterocycles. The van der Waals surface area contributed by atoms with E-state index >= 15 is 0 Å². The molecule has 0 spiro atoms. The first kappa shape index (κ1) is 12.6. The number of hydrogen-bond acceptors (Lipinski definition) is 2. The van der Waals surface area contributed by atoms with Crippen molar-refractivity contribution in [1.29, 1.82) is 0 Å². The highest BCUT2D eigenvalue weighted by Gasteiger charge is 2.18. The van der Waals surface area contributed by atoms with Crippen LogP contribution in [0.4, 0.5) is 0 Å². The van der Waals surface area contributed by atoms with Gasteiger partial charge in [0.2, 0.25) is 0 Å². The van der Waals surface area contributed by atoms with E-state index in [2.05, 4.69) is 15.9 Å². The largest absolute Gasteiger partial charge is 0.337 e. The summed E-state index contributed by atoms with van der Waals surface area (Å²) in [6, 6.07) is 10.3. The van der Waals surface area contributed by atoms with Crippen molar-refractivity contribution in [3.05, 3.63) is 35.2 Å². The van der Waals surface area contributed by atoms with Gasteiger partial charge in [0, 0.05) is 23.1 Å². The standard InChI is InChI=1S/C13H14BrNOS/c1-9(8-14)15(2)13(16)12-7-10-5-3-4-6-11(10)17-12/h3-7,9H,8H2,1-2H3. The number of rotatable bonds is 3. The molecule has 0 bridgehead atoms. The Kier molecular flexibility index (Phi) is 3.84. The summed E-state index contributed by atoms with van der Waals surface area (Å²) in [7, 11) is 1.85. The average Bonchev–Trinajstić information content (AvgIpc) is 2.79. The van der Waals surface area contributed by atoms with E-state index in [-0.39, 0.29) is 11.9 Å². The second kappa shape index (κ2) is 5.19. The summed E-state index contributed by atoms with van der Waals surface area (Å²) in [5.41, 5.74) is 0. The highest BCUT2D eigenvalue weighted by molar-refractivity contribution is 9.09. The maximum atomic E-state index is 12.2. The quantitative estimate of drug-likeness (QED) is 0.790. The van der Waals surface area contributed by atoms with Crippen LogP contribution >= 0.6 is 27.3 Å². The molecule has 0 aliphatic heterocycles. The van der Waals surface area contributed by atoms with Crippen LogP contribution in [0.5, 0.6) is 0 Å². The summed E-state index contributed by atoms with van der Waals surface area (Å²) in [5.74, 6) is 0.0955. The molecule has 1 unspecified atom stereocenters. The third kappa shape index (κ3) is 2.53. The second-order valence-corrected chi connectivity index (χ2v) is 5.80. The predicted molar refractivity (Wildman–Crippen MR) is 77.2 cm³/mol. The molecule has 0 N–H and O–H groups in total. The number of halogens is 1. The summed E-state index contributed by atoms with van der Waals surface area (Å²) in [5, 5.41) is 1.93. The zero-order valence-corrected chi connectivity index (χ0v) is 12.2. The zero-order chi connectivity index (χ0) is 12.4. The van der Waals surface area contributed by atoms with Gasteiger partial charge in [0.25, 0.3) is 5.91 Å². The molecule has 2 rings (SSSR count). The first-order valence-electron chi connectivity index (χ1n) is 5.45.